The Morgan fingerprint density at radius 1 is 1.35 bits per heavy atom. The molecule has 3 nitrogen and oxygen atoms in total. The summed E-state index contributed by atoms with van der Waals surface area (Å²) in [6.07, 6.45) is 3.55. The van der Waals surface area contributed by atoms with Gasteiger partial charge in [0.25, 0.3) is 0 Å². The molecule has 94 valence electrons. The van der Waals surface area contributed by atoms with Crippen molar-refractivity contribution in [3.8, 4) is 0 Å². The first-order valence-electron chi connectivity index (χ1n) is 6.51. The lowest BCUT2D eigenvalue weighted by molar-refractivity contribution is 0.0792. The van der Waals surface area contributed by atoms with Crippen LogP contribution < -0.4 is 10.6 Å². The maximum absolute atomic E-state index is 5.74. The molecule has 1 unspecified atom stereocenters. The molecule has 0 radical (unpaired) electrons. The molecule has 0 aliphatic carbocycles. The molecule has 0 amide bonds. The van der Waals surface area contributed by atoms with Gasteiger partial charge in [0.15, 0.2) is 0 Å². The van der Waals surface area contributed by atoms with Gasteiger partial charge in [0.05, 0.1) is 12.6 Å². The molecular weight excluding hydrogens is 212 g/mol. The zero-order valence-electron chi connectivity index (χ0n) is 10.6. The lowest BCUT2D eigenvalue weighted by Gasteiger charge is -2.36. The number of hydrogen-bond donors (Lipinski definition) is 1. The summed E-state index contributed by atoms with van der Waals surface area (Å²) in [5.74, 6) is 0. The van der Waals surface area contributed by atoms with E-state index >= 15 is 0 Å². The summed E-state index contributed by atoms with van der Waals surface area (Å²) >= 11 is 0. The Morgan fingerprint density at radius 2 is 2.12 bits per heavy atom. The molecule has 0 bridgehead atoms. The number of ether oxygens (including phenoxy) is 1. The van der Waals surface area contributed by atoms with Crippen LogP contribution in [0.2, 0.25) is 0 Å². The van der Waals surface area contributed by atoms with Crippen LogP contribution in [0.4, 0.5) is 11.4 Å². The Labute approximate surface area is 104 Å². The van der Waals surface area contributed by atoms with Crippen LogP contribution in [0.25, 0.3) is 0 Å². The van der Waals surface area contributed by atoms with Gasteiger partial charge in [0.1, 0.15) is 0 Å². The number of nitrogens with two attached hydrogens (primary N) is 1. The molecule has 17 heavy (non-hydrogen) atoms. The number of hydrogen-bond acceptors (Lipinski definition) is 3. The molecule has 1 heterocycles. The fourth-order valence-corrected chi connectivity index (χ4v) is 2.40. The van der Waals surface area contributed by atoms with Gasteiger partial charge in [-0.1, -0.05) is 6.92 Å². The summed E-state index contributed by atoms with van der Waals surface area (Å²) in [6.45, 7) is 5.06. The third-order valence-corrected chi connectivity index (χ3v) is 3.27. The lowest BCUT2D eigenvalue weighted by Crippen LogP contribution is -2.41. The highest BCUT2D eigenvalue weighted by Crippen LogP contribution is 2.23. The van der Waals surface area contributed by atoms with Crippen LogP contribution in [-0.4, -0.2) is 25.8 Å². The van der Waals surface area contributed by atoms with Gasteiger partial charge in [-0.2, -0.15) is 0 Å². The molecule has 1 aliphatic rings. The topological polar surface area (TPSA) is 38.5 Å². The zero-order chi connectivity index (χ0) is 12.1. The van der Waals surface area contributed by atoms with Gasteiger partial charge in [-0.25, -0.2) is 0 Å². The summed E-state index contributed by atoms with van der Waals surface area (Å²) in [6, 6.07) is 8.69. The predicted molar refractivity (Wildman–Crippen MR) is 72.3 cm³/mol. The van der Waals surface area contributed by atoms with E-state index in [1.54, 1.807) is 0 Å². The number of benzene rings is 1. The van der Waals surface area contributed by atoms with Gasteiger partial charge >= 0.3 is 0 Å². The van der Waals surface area contributed by atoms with E-state index in [0.29, 0.717) is 6.04 Å². The molecule has 1 fully saturated rings. The fraction of sp³-hybridized carbons (Fsp3) is 0.571. The number of rotatable bonds is 4. The van der Waals surface area contributed by atoms with E-state index < -0.39 is 0 Å². The van der Waals surface area contributed by atoms with Gasteiger partial charge in [0, 0.05) is 24.5 Å². The Hall–Kier alpha value is -1.22. The van der Waals surface area contributed by atoms with Crippen molar-refractivity contribution >= 4 is 11.4 Å². The van der Waals surface area contributed by atoms with Crippen molar-refractivity contribution in [3.63, 3.8) is 0 Å². The summed E-state index contributed by atoms with van der Waals surface area (Å²) in [5.41, 5.74) is 7.82. The monoisotopic (exact) mass is 234 g/mol. The van der Waals surface area contributed by atoms with E-state index in [0.717, 1.165) is 31.9 Å². The maximum Gasteiger partial charge on any atom is 0.0669 e. The van der Waals surface area contributed by atoms with Crippen LogP contribution in [0.3, 0.4) is 0 Å². The quantitative estimate of drug-likeness (QED) is 0.814. The van der Waals surface area contributed by atoms with Crippen molar-refractivity contribution in [3.05, 3.63) is 24.3 Å². The van der Waals surface area contributed by atoms with Crippen LogP contribution in [0.1, 0.15) is 26.2 Å². The largest absolute Gasteiger partial charge is 0.399 e. The van der Waals surface area contributed by atoms with Crippen molar-refractivity contribution < 1.29 is 4.74 Å². The molecule has 2 N–H and O–H groups in total. The highest BCUT2D eigenvalue weighted by Gasteiger charge is 2.21. The average molecular weight is 234 g/mol. The molecule has 0 saturated carbocycles. The smallest absolute Gasteiger partial charge is 0.0669 e. The van der Waals surface area contributed by atoms with Crippen molar-refractivity contribution in [1.29, 1.82) is 0 Å². The van der Waals surface area contributed by atoms with E-state index in [9.17, 15) is 0 Å². The normalized spacial score (nSPS) is 20.2. The highest BCUT2D eigenvalue weighted by molar-refractivity contribution is 5.53. The summed E-state index contributed by atoms with van der Waals surface area (Å²) < 4.78 is 5.59. The first kappa shape index (κ1) is 12.2. The van der Waals surface area contributed by atoms with Crippen molar-refractivity contribution in [2.24, 2.45) is 0 Å². The Balaban J connectivity index is 2.12. The Kier molecular flexibility index (Phi) is 4.26. The number of nitrogen functional groups attached to an aromatic ring is 1. The van der Waals surface area contributed by atoms with Gasteiger partial charge < -0.3 is 15.4 Å². The van der Waals surface area contributed by atoms with Crippen LogP contribution in [0.5, 0.6) is 0 Å². The SMILES string of the molecule is CCCN(c1ccc(N)cc1)C1CCCOC1. The molecule has 1 aliphatic heterocycles. The van der Waals surface area contributed by atoms with Gasteiger partial charge in [-0.15, -0.1) is 0 Å². The number of nitrogens with zero attached hydrogens (tertiary/aromatic N) is 1. The van der Waals surface area contributed by atoms with Crippen molar-refractivity contribution in [1.82, 2.24) is 0 Å². The highest BCUT2D eigenvalue weighted by atomic mass is 16.5. The first-order chi connectivity index (χ1) is 8.31. The predicted octanol–water partition coefficient (Wildman–Crippen LogP) is 2.66. The summed E-state index contributed by atoms with van der Waals surface area (Å²) in [4.78, 5) is 2.46. The zero-order valence-corrected chi connectivity index (χ0v) is 10.6. The summed E-state index contributed by atoms with van der Waals surface area (Å²) in [7, 11) is 0. The molecule has 0 spiro atoms. The molecule has 2 rings (SSSR count). The minimum atomic E-state index is 0.521. The summed E-state index contributed by atoms with van der Waals surface area (Å²) in [5, 5.41) is 0. The average Bonchev–Trinajstić information content (AvgIpc) is 2.38. The van der Waals surface area contributed by atoms with Gasteiger partial charge in [-0.3, -0.25) is 0 Å². The van der Waals surface area contributed by atoms with Gasteiger partial charge in [0.2, 0.25) is 0 Å². The van der Waals surface area contributed by atoms with Crippen LogP contribution in [-0.2, 0) is 4.74 Å². The Bertz CT molecular complexity index is 331. The molecule has 1 atom stereocenters. The maximum atomic E-state index is 5.74. The molecule has 0 aromatic heterocycles. The third kappa shape index (κ3) is 3.13. The van der Waals surface area contributed by atoms with E-state index in [4.69, 9.17) is 10.5 Å². The second kappa shape index (κ2) is 5.92. The van der Waals surface area contributed by atoms with E-state index in [-0.39, 0.29) is 0 Å². The molecule has 1 aromatic rings. The van der Waals surface area contributed by atoms with E-state index in [2.05, 4.69) is 24.0 Å². The Morgan fingerprint density at radius 3 is 2.71 bits per heavy atom. The minimum Gasteiger partial charge on any atom is -0.399 e. The third-order valence-electron chi connectivity index (χ3n) is 3.27. The first-order valence-corrected chi connectivity index (χ1v) is 6.51. The van der Waals surface area contributed by atoms with Crippen molar-refractivity contribution in [2.45, 2.75) is 32.2 Å². The van der Waals surface area contributed by atoms with Crippen LogP contribution in [0, 0.1) is 0 Å². The lowest BCUT2D eigenvalue weighted by atomic mass is 10.1. The van der Waals surface area contributed by atoms with E-state index in [1.165, 1.54) is 18.5 Å². The molecule has 3 heteroatoms. The molecule has 1 aromatic carbocycles. The van der Waals surface area contributed by atoms with Crippen LogP contribution >= 0.6 is 0 Å². The van der Waals surface area contributed by atoms with E-state index in [1.807, 2.05) is 12.1 Å². The van der Waals surface area contributed by atoms with Gasteiger partial charge in [-0.05, 0) is 43.5 Å². The molecular formula is C14H22N2O. The second-order valence-corrected chi connectivity index (χ2v) is 4.66. The number of anilines is 2. The van der Waals surface area contributed by atoms with Crippen LogP contribution in [0.15, 0.2) is 24.3 Å². The minimum absolute atomic E-state index is 0.521. The standard InChI is InChI=1S/C14H22N2O/c1-2-9-16(14-4-3-10-17-11-14)13-7-5-12(15)6-8-13/h5-8,14H,2-4,9-11,15H2,1H3. The second-order valence-electron chi connectivity index (χ2n) is 4.66. The fourth-order valence-electron chi connectivity index (χ4n) is 2.40. The molecule has 1 saturated heterocycles. The van der Waals surface area contributed by atoms with Crippen molar-refractivity contribution in [2.75, 3.05) is 30.4 Å².